The van der Waals surface area contributed by atoms with Gasteiger partial charge in [-0.3, -0.25) is 14.6 Å². The van der Waals surface area contributed by atoms with Gasteiger partial charge in [0.1, 0.15) is 0 Å². The third kappa shape index (κ3) is 5.98. The summed E-state index contributed by atoms with van der Waals surface area (Å²) in [5, 5.41) is 9.47. The van der Waals surface area contributed by atoms with Crippen molar-refractivity contribution in [2.24, 2.45) is 10.9 Å². The summed E-state index contributed by atoms with van der Waals surface area (Å²) < 4.78 is 0. The minimum Gasteiger partial charge on any atom is -0.352 e. The Bertz CT molecular complexity index is 687. The van der Waals surface area contributed by atoms with Crippen molar-refractivity contribution in [3.63, 3.8) is 0 Å². The number of carbonyl (C=O) groups is 2. The Labute approximate surface area is 161 Å². The number of rotatable bonds is 6. The van der Waals surface area contributed by atoms with Gasteiger partial charge in [-0.05, 0) is 31.0 Å². The molecule has 1 aliphatic rings. The van der Waals surface area contributed by atoms with Crippen molar-refractivity contribution in [2.45, 2.75) is 39.8 Å². The Hall–Kier alpha value is -2.57. The molecule has 1 unspecified atom stereocenters. The number of guanidine groups is 1. The first-order chi connectivity index (χ1) is 12.9. The number of hydrogen-bond donors (Lipinski definition) is 3. The maximum absolute atomic E-state index is 12.1. The van der Waals surface area contributed by atoms with E-state index in [0.29, 0.717) is 31.2 Å². The van der Waals surface area contributed by atoms with Crippen molar-refractivity contribution in [3.05, 3.63) is 35.4 Å². The molecule has 1 fully saturated rings. The molecule has 3 N–H and O–H groups in total. The van der Waals surface area contributed by atoms with Crippen molar-refractivity contribution in [2.75, 3.05) is 26.7 Å². The largest absolute Gasteiger partial charge is 0.352 e. The van der Waals surface area contributed by atoms with Gasteiger partial charge < -0.3 is 20.9 Å². The molecule has 1 aromatic rings. The SMILES string of the molecule is CCNC(=O)c1cccc(CNC(=NC)NC2CCN(C(=O)C(C)C)C2)c1. The van der Waals surface area contributed by atoms with Gasteiger partial charge in [-0.25, -0.2) is 0 Å². The quantitative estimate of drug-likeness (QED) is 0.519. The number of aliphatic imine (C=N–C) groups is 1. The van der Waals surface area contributed by atoms with E-state index in [2.05, 4.69) is 20.9 Å². The predicted molar refractivity (Wildman–Crippen MR) is 108 cm³/mol. The van der Waals surface area contributed by atoms with Gasteiger partial charge in [-0.15, -0.1) is 0 Å². The summed E-state index contributed by atoms with van der Waals surface area (Å²) in [6.45, 7) is 8.41. The molecule has 1 saturated heterocycles. The van der Waals surface area contributed by atoms with Crippen LogP contribution in [0.4, 0.5) is 0 Å². The number of nitrogens with one attached hydrogen (secondary N) is 3. The van der Waals surface area contributed by atoms with Crippen molar-refractivity contribution >= 4 is 17.8 Å². The molecule has 0 aliphatic carbocycles. The van der Waals surface area contributed by atoms with Crippen LogP contribution in [0.5, 0.6) is 0 Å². The van der Waals surface area contributed by atoms with Crippen LogP contribution in [0.25, 0.3) is 0 Å². The highest BCUT2D eigenvalue weighted by molar-refractivity contribution is 5.94. The average molecular weight is 374 g/mol. The zero-order valence-corrected chi connectivity index (χ0v) is 16.7. The predicted octanol–water partition coefficient (Wildman–Crippen LogP) is 1.36. The number of likely N-dealkylation sites (tertiary alicyclic amines) is 1. The number of nitrogens with zero attached hydrogens (tertiary/aromatic N) is 2. The summed E-state index contributed by atoms with van der Waals surface area (Å²) in [5.41, 5.74) is 1.66. The summed E-state index contributed by atoms with van der Waals surface area (Å²) >= 11 is 0. The van der Waals surface area contributed by atoms with Crippen molar-refractivity contribution in [3.8, 4) is 0 Å². The van der Waals surface area contributed by atoms with Crippen LogP contribution >= 0.6 is 0 Å². The van der Waals surface area contributed by atoms with Crippen molar-refractivity contribution in [1.82, 2.24) is 20.9 Å². The van der Waals surface area contributed by atoms with Gasteiger partial charge in [0.05, 0.1) is 0 Å². The first-order valence-corrected chi connectivity index (χ1v) is 9.57. The number of carbonyl (C=O) groups excluding carboxylic acids is 2. The van der Waals surface area contributed by atoms with E-state index in [-0.39, 0.29) is 23.8 Å². The fraction of sp³-hybridized carbons (Fsp3) is 0.550. The second-order valence-electron chi connectivity index (χ2n) is 7.05. The van der Waals surface area contributed by atoms with Crippen LogP contribution in [0, 0.1) is 5.92 Å². The van der Waals surface area contributed by atoms with E-state index in [1.54, 1.807) is 13.1 Å². The maximum atomic E-state index is 12.1. The highest BCUT2D eigenvalue weighted by Crippen LogP contribution is 2.13. The Morgan fingerprint density at radius 2 is 2.07 bits per heavy atom. The van der Waals surface area contributed by atoms with E-state index in [1.165, 1.54) is 0 Å². The maximum Gasteiger partial charge on any atom is 0.251 e. The number of hydrogen-bond acceptors (Lipinski definition) is 3. The molecule has 0 saturated carbocycles. The summed E-state index contributed by atoms with van der Waals surface area (Å²) in [6.07, 6.45) is 0.909. The molecule has 7 nitrogen and oxygen atoms in total. The molecule has 1 heterocycles. The third-order valence-corrected chi connectivity index (χ3v) is 4.54. The van der Waals surface area contributed by atoms with Crippen LogP contribution in [-0.2, 0) is 11.3 Å². The highest BCUT2D eigenvalue weighted by Gasteiger charge is 2.27. The van der Waals surface area contributed by atoms with Gasteiger partial charge in [0.25, 0.3) is 5.91 Å². The van der Waals surface area contributed by atoms with Crippen LogP contribution < -0.4 is 16.0 Å². The Balaban J connectivity index is 1.87. The average Bonchev–Trinajstić information content (AvgIpc) is 3.13. The highest BCUT2D eigenvalue weighted by atomic mass is 16.2. The lowest BCUT2D eigenvalue weighted by Crippen LogP contribution is -2.45. The molecule has 7 heteroatoms. The lowest BCUT2D eigenvalue weighted by Gasteiger charge is -2.20. The van der Waals surface area contributed by atoms with E-state index < -0.39 is 0 Å². The molecular formula is C20H31N5O2. The van der Waals surface area contributed by atoms with E-state index in [9.17, 15) is 9.59 Å². The molecule has 0 bridgehead atoms. The fourth-order valence-corrected chi connectivity index (χ4v) is 3.10. The van der Waals surface area contributed by atoms with Gasteiger partial charge in [0.15, 0.2) is 5.96 Å². The minimum absolute atomic E-state index is 0.0263. The van der Waals surface area contributed by atoms with E-state index in [1.807, 2.05) is 43.9 Å². The Morgan fingerprint density at radius 3 is 2.74 bits per heavy atom. The Morgan fingerprint density at radius 1 is 1.30 bits per heavy atom. The van der Waals surface area contributed by atoms with Crippen LogP contribution in [0.3, 0.4) is 0 Å². The Kier molecular flexibility index (Phi) is 7.64. The van der Waals surface area contributed by atoms with Crippen molar-refractivity contribution < 1.29 is 9.59 Å². The topological polar surface area (TPSA) is 85.8 Å². The summed E-state index contributed by atoms with van der Waals surface area (Å²) in [4.78, 5) is 30.2. The fourth-order valence-electron chi connectivity index (χ4n) is 3.10. The number of amides is 2. The van der Waals surface area contributed by atoms with E-state index in [0.717, 1.165) is 18.5 Å². The van der Waals surface area contributed by atoms with E-state index >= 15 is 0 Å². The van der Waals surface area contributed by atoms with Gasteiger partial charge in [-0.1, -0.05) is 26.0 Å². The first-order valence-electron chi connectivity index (χ1n) is 9.57. The molecule has 0 spiro atoms. The first kappa shape index (κ1) is 20.7. The summed E-state index contributed by atoms with van der Waals surface area (Å²) in [7, 11) is 1.73. The summed E-state index contributed by atoms with van der Waals surface area (Å²) in [5.74, 6) is 0.854. The normalized spacial score (nSPS) is 17.1. The molecule has 27 heavy (non-hydrogen) atoms. The molecular weight excluding hydrogens is 342 g/mol. The molecule has 2 rings (SSSR count). The molecule has 1 aromatic carbocycles. The third-order valence-electron chi connectivity index (χ3n) is 4.54. The smallest absolute Gasteiger partial charge is 0.251 e. The van der Waals surface area contributed by atoms with Crippen molar-refractivity contribution in [1.29, 1.82) is 0 Å². The van der Waals surface area contributed by atoms with Crippen LogP contribution in [-0.4, -0.2) is 55.4 Å². The molecule has 148 valence electrons. The van der Waals surface area contributed by atoms with Crippen LogP contribution in [0.2, 0.25) is 0 Å². The van der Waals surface area contributed by atoms with Gasteiger partial charge in [0, 0.05) is 50.7 Å². The molecule has 0 radical (unpaired) electrons. The molecule has 0 aromatic heterocycles. The summed E-state index contributed by atoms with van der Waals surface area (Å²) in [6, 6.07) is 7.73. The monoisotopic (exact) mass is 373 g/mol. The standard InChI is InChI=1S/C20H31N5O2/c1-5-22-18(26)16-8-6-7-15(11-16)12-23-20(21-4)24-17-9-10-25(13-17)19(27)14(2)3/h6-8,11,14,17H,5,9-10,12-13H2,1-4H3,(H,22,26)(H2,21,23,24). The van der Waals surface area contributed by atoms with E-state index in [4.69, 9.17) is 0 Å². The zero-order valence-electron chi connectivity index (χ0n) is 16.7. The van der Waals surface area contributed by atoms with Gasteiger partial charge >= 0.3 is 0 Å². The lowest BCUT2D eigenvalue weighted by atomic mass is 10.1. The molecule has 1 aliphatic heterocycles. The van der Waals surface area contributed by atoms with Gasteiger partial charge in [0.2, 0.25) is 5.91 Å². The number of benzene rings is 1. The second kappa shape index (κ2) is 9.94. The van der Waals surface area contributed by atoms with Crippen LogP contribution in [0.1, 0.15) is 43.1 Å². The molecule has 1 atom stereocenters. The minimum atomic E-state index is -0.0669. The molecule has 2 amide bonds. The van der Waals surface area contributed by atoms with Gasteiger partial charge in [-0.2, -0.15) is 0 Å². The zero-order chi connectivity index (χ0) is 19.8. The second-order valence-corrected chi connectivity index (χ2v) is 7.05. The lowest BCUT2D eigenvalue weighted by molar-refractivity contribution is -0.133. The van der Waals surface area contributed by atoms with Crippen LogP contribution in [0.15, 0.2) is 29.3 Å².